The van der Waals surface area contributed by atoms with Gasteiger partial charge in [-0.15, -0.1) is 0 Å². The first-order valence-electron chi connectivity index (χ1n) is 10.6. The van der Waals surface area contributed by atoms with Gasteiger partial charge in [-0.3, -0.25) is 9.59 Å². The third kappa shape index (κ3) is 3.72. The third-order valence-corrected chi connectivity index (χ3v) is 5.67. The van der Waals surface area contributed by atoms with Crippen molar-refractivity contribution in [3.05, 3.63) is 74.6 Å². The molecule has 0 N–H and O–H groups in total. The predicted octanol–water partition coefficient (Wildman–Crippen LogP) is 4.39. The minimum atomic E-state index is -0.503. The summed E-state index contributed by atoms with van der Waals surface area (Å²) in [6.45, 7) is 7.33. The monoisotopic (exact) mass is 421 g/mol. The molecule has 6 heteroatoms. The molecule has 1 unspecified atom stereocenters. The van der Waals surface area contributed by atoms with Crippen LogP contribution < -0.4 is 10.2 Å². The van der Waals surface area contributed by atoms with Crippen molar-refractivity contribution in [2.75, 3.05) is 26.9 Å². The van der Waals surface area contributed by atoms with Crippen molar-refractivity contribution in [2.45, 2.75) is 33.2 Å². The molecule has 1 aliphatic heterocycles. The zero-order chi connectivity index (χ0) is 22.1. The lowest BCUT2D eigenvalue weighted by molar-refractivity contribution is 0.0708. The summed E-state index contributed by atoms with van der Waals surface area (Å²) < 4.78 is 16.8. The van der Waals surface area contributed by atoms with Crippen LogP contribution in [-0.2, 0) is 4.74 Å². The SMILES string of the molecule is CCOc1ccc(C2c3c(oc4cc(C)cc(C)c4c3=O)C(=O)N2CCCOC)cc1. The number of fused-ring (bicyclic) bond motifs is 2. The first-order chi connectivity index (χ1) is 15.0. The maximum atomic E-state index is 13.6. The predicted molar refractivity (Wildman–Crippen MR) is 119 cm³/mol. The van der Waals surface area contributed by atoms with E-state index in [9.17, 15) is 9.59 Å². The minimum Gasteiger partial charge on any atom is -0.494 e. The van der Waals surface area contributed by atoms with E-state index in [1.54, 1.807) is 12.0 Å². The largest absolute Gasteiger partial charge is 0.494 e. The molecular weight excluding hydrogens is 394 g/mol. The molecule has 6 nitrogen and oxygen atoms in total. The lowest BCUT2D eigenvalue weighted by Crippen LogP contribution is -2.31. The van der Waals surface area contributed by atoms with E-state index in [-0.39, 0.29) is 17.1 Å². The molecule has 4 rings (SSSR count). The number of carbonyl (C=O) groups excluding carboxylic acids is 1. The lowest BCUT2D eigenvalue weighted by atomic mass is 9.97. The van der Waals surface area contributed by atoms with E-state index >= 15 is 0 Å². The Morgan fingerprint density at radius 3 is 2.52 bits per heavy atom. The van der Waals surface area contributed by atoms with Crippen molar-refractivity contribution in [1.82, 2.24) is 4.90 Å². The molecule has 0 radical (unpaired) electrons. The number of benzene rings is 2. The van der Waals surface area contributed by atoms with Gasteiger partial charge in [0, 0.05) is 20.3 Å². The Hall–Kier alpha value is -3.12. The number of carbonyl (C=O) groups is 1. The van der Waals surface area contributed by atoms with Crippen LogP contribution in [0.2, 0.25) is 0 Å². The summed E-state index contributed by atoms with van der Waals surface area (Å²) in [5.41, 5.74) is 3.41. The fourth-order valence-electron chi connectivity index (χ4n) is 4.38. The van der Waals surface area contributed by atoms with Crippen LogP contribution in [0.25, 0.3) is 11.0 Å². The number of hydrogen-bond donors (Lipinski definition) is 0. The number of ether oxygens (including phenoxy) is 2. The van der Waals surface area contributed by atoms with Crippen LogP contribution in [0.5, 0.6) is 5.75 Å². The van der Waals surface area contributed by atoms with Crippen molar-refractivity contribution in [1.29, 1.82) is 0 Å². The Balaban J connectivity index is 1.89. The second kappa shape index (κ2) is 8.55. The van der Waals surface area contributed by atoms with E-state index in [2.05, 4.69) is 0 Å². The normalized spacial score (nSPS) is 15.5. The molecule has 1 atom stereocenters. The Morgan fingerprint density at radius 1 is 1.10 bits per heavy atom. The molecule has 0 bridgehead atoms. The highest BCUT2D eigenvalue weighted by atomic mass is 16.5. The topological polar surface area (TPSA) is 69.0 Å². The average Bonchev–Trinajstić information content (AvgIpc) is 3.01. The van der Waals surface area contributed by atoms with Crippen molar-refractivity contribution >= 4 is 16.9 Å². The fraction of sp³-hybridized carbons (Fsp3) is 0.360. The van der Waals surface area contributed by atoms with E-state index in [1.807, 2.05) is 57.2 Å². The van der Waals surface area contributed by atoms with E-state index in [4.69, 9.17) is 13.9 Å². The Morgan fingerprint density at radius 2 is 1.84 bits per heavy atom. The van der Waals surface area contributed by atoms with Crippen molar-refractivity contribution < 1.29 is 18.7 Å². The molecule has 1 aliphatic rings. The molecule has 0 aliphatic carbocycles. The number of amides is 1. The average molecular weight is 421 g/mol. The maximum absolute atomic E-state index is 13.6. The Kier molecular flexibility index (Phi) is 5.83. The molecule has 2 aromatic carbocycles. The molecule has 0 spiro atoms. The van der Waals surface area contributed by atoms with Crippen molar-refractivity contribution in [3.8, 4) is 5.75 Å². The summed E-state index contributed by atoms with van der Waals surface area (Å²) in [5, 5.41) is 0.534. The van der Waals surface area contributed by atoms with Crippen LogP contribution in [0.1, 0.15) is 52.2 Å². The summed E-state index contributed by atoms with van der Waals surface area (Å²) in [6.07, 6.45) is 0.662. The van der Waals surface area contributed by atoms with Gasteiger partial charge in [0.1, 0.15) is 11.3 Å². The highest BCUT2D eigenvalue weighted by Gasteiger charge is 2.42. The van der Waals surface area contributed by atoms with Gasteiger partial charge in [0.05, 0.1) is 23.6 Å². The zero-order valence-electron chi connectivity index (χ0n) is 18.4. The Labute approximate surface area is 181 Å². The van der Waals surface area contributed by atoms with E-state index in [0.29, 0.717) is 42.7 Å². The van der Waals surface area contributed by atoms with Crippen LogP contribution >= 0.6 is 0 Å². The van der Waals surface area contributed by atoms with Gasteiger partial charge < -0.3 is 18.8 Å². The zero-order valence-corrected chi connectivity index (χ0v) is 18.4. The number of aryl methyl sites for hydroxylation is 2. The van der Waals surface area contributed by atoms with Crippen LogP contribution in [0.4, 0.5) is 0 Å². The number of rotatable bonds is 7. The maximum Gasteiger partial charge on any atom is 0.290 e. The second-order valence-electron chi connectivity index (χ2n) is 7.88. The smallest absolute Gasteiger partial charge is 0.290 e. The van der Waals surface area contributed by atoms with Crippen molar-refractivity contribution in [3.63, 3.8) is 0 Å². The van der Waals surface area contributed by atoms with Crippen molar-refractivity contribution in [2.24, 2.45) is 0 Å². The molecule has 0 saturated carbocycles. The summed E-state index contributed by atoms with van der Waals surface area (Å²) in [4.78, 5) is 28.7. The number of nitrogens with zero attached hydrogens (tertiary/aromatic N) is 1. The van der Waals surface area contributed by atoms with E-state index < -0.39 is 6.04 Å². The van der Waals surface area contributed by atoms with Gasteiger partial charge >= 0.3 is 0 Å². The second-order valence-corrected chi connectivity index (χ2v) is 7.88. The van der Waals surface area contributed by atoms with Gasteiger partial charge in [0.25, 0.3) is 5.91 Å². The first kappa shape index (κ1) is 21.1. The van der Waals surface area contributed by atoms with Crippen LogP contribution in [-0.4, -0.2) is 37.7 Å². The van der Waals surface area contributed by atoms with Gasteiger partial charge in [-0.05, 0) is 62.1 Å². The molecule has 0 fully saturated rings. The fourth-order valence-corrected chi connectivity index (χ4v) is 4.38. The van der Waals surface area contributed by atoms with Gasteiger partial charge in [-0.25, -0.2) is 0 Å². The van der Waals surface area contributed by atoms with Crippen LogP contribution in [0.15, 0.2) is 45.6 Å². The highest BCUT2D eigenvalue weighted by Crippen LogP contribution is 2.39. The molecular formula is C25H27NO5. The quantitative estimate of drug-likeness (QED) is 0.529. The number of hydrogen-bond acceptors (Lipinski definition) is 5. The first-order valence-corrected chi connectivity index (χ1v) is 10.6. The molecule has 1 amide bonds. The van der Waals surface area contributed by atoms with E-state index in [0.717, 1.165) is 22.4 Å². The van der Waals surface area contributed by atoms with Crippen LogP contribution in [0, 0.1) is 13.8 Å². The lowest BCUT2D eigenvalue weighted by Gasteiger charge is -2.25. The molecule has 31 heavy (non-hydrogen) atoms. The molecule has 2 heterocycles. The van der Waals surface area contributed by atoms with Gasteiger partial charge in [-0.1, -0.05) is 18.2 Å². The molecule has 3 aromatic rings. The third-order valence-electron chi connectivity index (χ3n) is 5.67. The summed E-state index contributed by atoms with van der Waals surface area (Å²) in [7, 11) is 1.63. The minimum absolute atomic E-state index is 0.138. The van der Waals surface area contributed by atoms with E-state index in [1.165, 1.54) is 0 Å². The molecule has 1 aromatic heterocycles. The van der Waals surface area contributed by atoms with Gasteiger partial charge in [0.15, 0.2) is 5.43 Å². The van der Waals surface area contributed by atoms with Gasteiger partial charge in [0.2, 0.25) is 5.76 Å². The summed E-state index contributed by atoms with van der Waals surface area (Å²) in [6, 6.07) is 10.8. The van der Waals surface area contributed by atoms with Crippen LogP contribution in [0.3, 0.4) is 0 Å². The molecule has 162 valence electrons. The van der Waals surface area contributed by atoms with Gasteiger partial charge in [-0.2, -0.15) is 0 Å². The Bertz CT molecular complexity index is 1180. The standard InChI is InChI=1S/C25H27NO5/c1-5-30-18-9-7-17(8-10-18)22-21-23(27)20-16(3)13-15(2)14-19(20)31-24(21)25(28)26(22)11-6-12-29-4/h7-10,13-14,22H,5-6,11-12H2,1-4H3. The number of methoxy groups -OCH3 is 1. The summed E-state index contributed by atoms with van der Waals surface area (Å²) in [5.74, 6) is 0.626. The molecule has 0 saturated heterocycles. The highest BCUT2D eigenvalue weighted by molar-refractivity contribution is 5.99. The summed E-state index contributed by atoms with van der Waals surface area (Å²) >= 11 is 0.